The van der Waals surface area contributed by atoms with E-state index >= 15 is 0 Å². The standard InChI is InChI=1S/C26H28F3N3O3/c1-17-6-4-9-23(18(17)2)34-16-22-19(3)35-30-24(22)25(33)32-12-10-31(11-13-32)15-20-7-5-8-21(14-20)26(27,28)29/h4-9,14H,10-13,15-16H2,1-3H3. The molecular weight excluding hydrogens is 459 g/mol. The monoisotopic (exact) mass is 487 g/mol. The van der Waals surface area contributed by atoms with Crippen LogP contribution in [0.25, 0.3) is 0 Å². The minimum Gasteiger partial charge on any atom is -0.488 e. The topological polar surface area (TPSA) is 58.8 Å². The third kappa shape index (κ3) is 5.67. The van der Waals surface area contributed by atoms with Crippen LogP contribution in [0.15, 0.2) is 47.0 Å². The minimum atomic E-state index is -4.36. The molecule has 0 N–H and O–H groups in total. The number of aromatic nitrogens is 1. The number of rotatable bonds is 6. The Labute approximate surface area is 202 Å². The number of carbonyl (C=O) groups excluding carboxylic acids is 1. The number of halogens is 3. The van der Waals surface area contributed by atoms with Crippen molar-refractivity contribution in [2.45, 2.75) is 40.1 Å². The highest BCUT2D eigenvalue weighted by molar-refractivity contribution is 5.93. The highest BCUT2D eigenvalue weighted by Crippen LogP contribution is 2.30. The zero-order valence-corrected chi connectivity index (χ0v) is 20.0. The Morgan fingerprint density at radius 1 is 1.06 bits per heavy atom. The van der Waals surface area contributed by atoms with Gasteiger partial charge in [-0.15, -0.1) is 0 Å². The number of aryl methyl sites for hydroxylation is 2. The fourth-order valence-electron chi connectivity index (χ4n) is 4.12. The maximum absolute atomic E-state index is 13.2. The first-order chi connectivity index (χ1) is 16.6. The summed E-state index contributed by atoms with van der Waals surface area (Å²) in [6.45, 7) is 8.28. The molecule has 0 spiro atoms. The van der Waals surface area contributed by atoms with Gasteiger partial charge in [0.1, 0.15) is 18.1 Å². The fourth-order valence-corrected chi connectivity index (χ4v) is 4.12. The lowest BCUT2D eigenvalue weighted by atomic mass is 10.1. The molecule has 0 aliphatic carbocycles. The number of carbonyl (C=O) groups is 1. The van der Waals surface area contributed by atoms with E-state index in [1.165, 1.54) is 12.1 Å². The van der Waals surface area contributed by atoms with Crippen LogP contribution in [0.3, 0.4) is 0 Å². The molecule has 35 heavy (non-hydrogen) atoms. The van der Waals surface area contributed by atoms with Gasteiger partial charge in [-0.3, -0.25) is 9.69 Å². The summed E-state index contributed by atoms with van der Waals surface area (Å²) in [6, 6.07) is 11.2. The second kappa shape index (κ2) is 10.1. The van der Waals surface area contributed by atoms with E-state index in [4.69, 9.17) is 9.26 Å². The Morgan fingerprint density at radius 3 is 2.49 bits per heavy atom. The molecular formula is C26H28F3N3O3. The first-order valence-electron chi connectivity index (χ1n) is 11.5. The predicted molar refractivity (Wildman–Crippen MR) is 124 cm³/mol. The van der Waals surface area contributed by atoms with Crippen LogP contribution in [-0.2, 0) is 19.3 Å². The van der Waals surface area contributed by atoms with E-state index in [0.29, 0.717) is 49.6 Å². The molecule has 3 aromatic rings. The lowest BCUT2D eigenvalue weighted by Gasteiger charge is -2.34. The third-order valence-electron chi connectivity index (χ3n) is 6.43. The number of benzene rings is 2. The van der Waals surface area contributed by atoms with E-state index in [9.17, 15) is 18.0 Å². The minimum absolute atomic E-state index is 0.163. The molecule has 1 fully saturated rings. The number of nitrogens with zero attached hydrogens (tertiary/aromatic N) is 3. The third-order valence-corrected chi connectivity index (χ3v) is 6.43. The van der Waals surface area contributed by atoms with Crippen LogP contribution in [0, 0.1) is 20.8 Å². The van der Waals surface area contributed by atoms with E-state index in [1.807, 2.05) is 36.9 Å². The van der Waals surface area contributed by atoms with Crippen molar-refractivity contribution < 1.29 is 27.2 Å². The predicted octanol–water partition coefficient (Wildman–Crippen LogP) is 5.16. The molecule has 1 aromatic heterocycles. The SMILES string of the molecule is Cc1cccc(OCc2c(C(=O)N3CCN(Cc4cccc(C(F)(F)F)c4)CC3)noc2C)c1C. The lowest BCUT2D eigenvalue weighted by Crippen LogP contribution is -2.48. The van der Waals surface area contributed by atoms with Gasteiger partial charge < -0.3 is 14.2 Å². The zero-order valence-electron chi connectivity index (χ0n) is 20.0. The Balaban J connectivity index is 1.37. The highest BCUT2D eigenvalue weighted by atomic mass is 19.4. The summed E-state index contributed by atoms with van der Waals surface area (Å²) in [5, 5.41) is 4.00. The van der Waals surface area contributed by atoms with Crippen molar-refractivity contribution in [3.63, 3.8) is 0 Å². The number of hydrogen-bond acceptors (Lipinski definition) is 5. The van der Waals surface area contributed by atoms with Crippen LogP contribution < -0.4 is 4.74 Å². The molecule has 4 rings (SSSR count). The van der Waals surface area contributed by atoms with Gasteiger partial charge in [-0.1, -0.05) is 35.5 Å². The van der Waals surface area contributed by atoms with Crippen molar-refractivity contribution in [3.05, 3.63) is 81.7 Å². The van der Waals surface area contributed by atoms with Gasteiger partial charge in [-0.25, -0.2) is 0 Å². The number of amides is 1. The average molecular weight is 488 g/mol. The van der Waals surface area contributed by atoms with Gasteiger partial charge in [-0.05, 0) is 49.6 Å². The summed E-state index contributed by atoms with van der Waals surface area (Å²) in [6.07, 6.45) is -4.36. The maximum Gasteiger partial charge on any atom is 0.416 e. The van der Waals surface area contributed by atoms with Crippen LogP contribution in [0.4, 0.5) is 13.2 Å². The second-order valence-corrected chi connectivity index (χ2v) is 8.82. The first-order valence-corrected chi connectivity index (χ1v) is 11.5. The molecule has 0 atom stereocenters. The van der Waals surface area contributed by atoms with Crippen molar-refractivity contribution in [1.29, 1.82) is 0 Å². The Hall–Kier alpha value is -3.33. The van der Waals surface area contributed by atoms with Gasteiger partial charge in [0.15, 0.2) is 5.69 Å². The first kappa shape index (κ1) is 24.8. The van der Waals surface area contributed by atoms with Crippen molar-refractivity contribution >= 4 is 5.91 Å². The number of ether oxygens (including phenoxy) is 1. The number of hydrogen-bond donors (Lipinski definition) is 0. The van der Waals surface area contributed by atoms with Gasteiger partial charge in [0, 0.05) is 32.7 Å². The zero-order chi connectivity index (χ0) is 25.2. The maximum atomic E-state index is 13.2. The largest absolute Gasteiger partial charge is 0.488 e. The van der Waals surface area contributed by atoms with E-state index < -0.39 is 11.7 Å². The van der Waals surface area contributed by atoms with Crippen LogP contribution in [0.5, 0.6) is 5.75 Å². The molecule has 1 saturated heterocycles. The van der Waals surface area contributed by atoms with E-state index in [0.717, 1.165) is 22.9 Å². The second-order valence-electron chi connectivity index (χ2n) is 8.82. The average Bonchev–Trinajstić information content (AvgIpc) is 3.20. The normalized spacial score (nSPS) is 14.9. The molecule has 6 nitrogen and oxygen atoms in total. The molecule has 2 aromatic carbocycles. The summed E-state index contributed by atoms with van der Waals surface area (Å²) in [7, 11) is 0. The van der Waals surface area contributed by atoms with Gasteiger partial charge in [-0.2, -0.15) is 13.2 Å². The summed E-state index contributed by atoms with van der Waals surface area (Å²) in [4.78, 5) is 16.9. The fraction of sp³-hybridized carbons (Fsp3) is 0.385. The van der Waals surface area contributed by atoms with E-state index in [1.54, 1.807) is 17.9 Å². The quantitative estimate of drug-likeness (QED) is 0.481. The molecule has 1 amide bonds. The van der Waals surface area contributed by atoms with Gasteiger partial charge in [0.05, 0.1) is 11.1 Å². The number of alkyl halides is 3. The van der Waals surface area contributed by atoms with Crippen LogP contribution in [-0.4, -0.2) is 47.0 Å². The van der Waals surface area contributed by atoms with Crippen molar-refractivity contribution in [1.82, 2.24) is 15.0 Å². The highest BCUT2D eigenvalue weighted by Gasteiger charge is 2.31. The van der Waals surface area contributed by atoms with E-state index in [-0.39, 0.29) is 18.2 Å². The van der Waals surface area contributed by atoms with Crippen LogP contribution in [0.1, 0.15) is 44.1 Å². The molecule has 1 aliphatic heterocycles. The van der Waals surface area contributed by atoms with Crippen LogP contribution in [0.2, 0.25) is 0 Å². The molecule has 0 radical (unpaired) electrons. The van der Waals surface area contributed by atoms with E-state index in [2.05, 4.69) is 5.16 Å². The molecule has 1 aliphatic rings. The molecule has 0 saturated carbocycles. The Bertz CT molecular complexity index is 1200. The molecule has 186 valence electrons. The van der Waals surface area contributed by atoms with Crippen LogP contribution >= 0.6 is 0 Å². The number of piperazine rings is 1. The van der Waals surface area contributed by atoms with Gasteiger partial charge >= 0.3 is 6.18 Å². The molecule has 0 bridgehead atoms. The smallest absolute Gasteiger partial charge is 0.416 e. The summed E-state index contributed by atoms with van der Waals surface area (Å²) in [5.74, 6) is 1.04. The summed E-state index contributed by atoms with van der Waals surface area (Å²) < 4.78 is 50.3. The summed E-state index contributed by atoms with van der Waals surface area (Å²) >= 11 is 0. The van der Waals surface area contributed by atoms with Gasteiger partial charge in [0.2, 0.25) is 0 Å². The molecule has 0 unspecified atom stereocenters. The Kier molecular flexibility index (Phi) is 7.16. The Morgan fingerprint density at radius 2 is 1.77 bits per heavy atom. The van der Waals surface area contributed by atoms with Crippen molar-refractivity contribution in [3.8, 4) is 5.75 Å². The van der Waals surface area contributed by atoms with Gasteiger partial charge in [0.25, 0.3) is 5.91 Å². The molecule has 2 heterocycles. The van der Waals surface area contributed by atoms with Crippen molar-refractivity contribution in [2.24, 2.45) is 0 Å². The van der Waals surface area contributed by atoms with Crippen molar-refractivity contribution in [2.75, 3.05) is 26.2 Å². The molecule has 9 heteroatoms. The lowest BCUT2D eigenvalue weighted by molar-refractivity contribution is -0.137. The summed E-state index contributed by atoms with van der Waals surface area (Å²) in [5.41, 5.74) is 2.94.